The van der Waals surface area contributed by atoms with Crippen molar-refractivity contribution < 1.29 is 14.3 Å². The number of nitrogens with zero attached hydrogens (tertiary/aromatic N) is 1. The first kappa shape index (κ1) is 16.4. The molecule has 134 valence electrons. The number of methoxy groups -OCH3 is 1. The molecule has 4 rings (SSSR count). The summed E-state index contributed by atoms with van der Waals surface area (Å²) in [5.74, 6) is 0.886. The summed E-state index contributed by atoms with van der Waals surface area (Å²) >= 11 is 0. The van der Waals surface area contributed by atoms with E-state index < -0.39 is 6.09 Å². The first-order valence-corrected chi connectivity index (χ1v) is 9.07. The number of carbonyl (C=O) groups is 2. The van der Waals surface area contributed by atoms with Gasteiger partial charge in [-0.2, -0.15) is 0 Å². The van der Waals surface area contributed by atoms with E-state index in [1.807, 2.05) is 6.92 Å². The average Bonchev–Trinajstić information content (AvgIpc) is 3.13. The van der Waals surface area contributed by atoms with Gasteiger partial charge in [0, 0.05) is 30.0 Å². The molecule has 2 saturated carbocycles. The first-order valence-electron chi connectivity index (χ1n) is 9.07. The van der Waals surface area contributed by atoms with E-state index in [4.69, 9.17) is 0 Å². The highest BCUT2D eigenvalue weighted by atomic mass is 16.5. The number of hydrogen-bond donors (Lipinski definition) is 1. The van der Waals surface area contributed by atoms with E-state index >= 15 is 0 Å². The molecule has 1 saturated heterocycles. The number of likely N-dealkylation sites (tertiary alicyclic amines) is 1. The Labute approximate surface area is 148 Å². The summed E-state index contributed by atoms with van der Waals surface area (Å²) in [6.45, 7) is 5.80. The molecular weight excluding hydrogens is 316 g/mol. The maximum absolute atomic E-state index is 12.8. The fourth-order valence-electron chi connectivity index (χ4n) is 4.84. The number of piperidine rings is 1. The van der Waals surface area contributed by atoms with Gasteiger partial charge in [-0.3, -0.25) is 4.79 Å². The standard InChI is InChI=1S/C20H26N2O3/c1-13-4-6-15(7-5-13)20-10-16(20)11-22(12-20)17(23)14-8-19(2,9-14)21-18(24)25-3/h4-7,14,16H,8-12H2,1-3H3,(H,21,24)/t14-,16-,19+,20+/m0/s1. The molecule has 0 unspecified atom stereocenters. The second-order valence-corrected chi connectivity index (χ2v) is 8.42. The Kier molecular flexibility index (Phi) is 3.60. The number of carbonyl (C=O) groups excluding carboxylic acids is 2. The van der Waals surface area contributed by atoms with Gasteiger partial charge in [-0.25, -0.2) is 4.79 Å². The van der Waals surface area contributed by atoms with Crippen molar-refractivity contribution in [1.29, 1.82) is 0 Å². The quantitative estimate of drug-likeness (QED) is 0.919. The molecule has 2 atom stereocenters. The van der Waals surface area contributed by atoms with Gasteiger partial charge in [0.25, 0.3) is 0 Å². The Balaban J connectivity index is 1.37. The molecule has 25 heavy (non-hydrogen) atoms. The number of nitrogens with one attached hydrogen (secondary N) is 1. The number of rotatable bonds is 3. The fraction of sp³-hybridized carbons (Fsp3) is 0.600. The second kappa shape index (κ2) is 5.48. The molecule has 0 radical (unpaired) electrons. The van der Waals surface area contributed by atoms with Gasteiger partial charge in [0.2, 0.25) is 5.91 Å². The lowest BCUT2D eigenvalue weighted by Crippen LogP contribution is -2.58. The monoisotopic (exact) mass is 342 g/mol. The highest BCUT2D eigenvalue weighted by Crippen LogP contribution is 2.59. The Morgan fingerprint density at radius 2 is 1.88 bits per heavy atom. The van der Waals surface area contributed by atoms with Gasteiger partial charge in [0.15, 0.2) is 0 Å². The van der Waals surface area contributed by atoms with Gasteiger partial charge < -0.3 is 15.0 Å². The molecule has 0 aromatic heterocycles. The van der Waals surface area contributed by atoms with Crippen molar-refractivity contribution in [3.05, 3.63) is 35.4 Å². The minimum absolute atomic E-state index is 0.0229. The molecule has 2 aliphatic carbocycles. The van der Waals surface area contributed by atoms with Crippen LogP contribution in [-0.4, -0.2) is 42.6 Å². The van der Waals surface area contributed by atoms with E-state index in [-0.39, 0.29) is 22.8 Å². The molecule has 1 heterocycles. The molecule has 5 nitrogen and oxygen atoms in total. The van der Waals surface area contributed by atoms with Crippen LogP contribution in [0.2, 0.25) is 0 Å². The van der Waals surface area contributed by atoms with Crippen molar-refractivity contribution in [1.82, 2.24) is 10.2 Å². The van der Waals surface area contributed by atoms with Crippen LogP contribution in [0, 0.1) is 18.8 Å². The summed E-state index contributed by atoms with van der Waals surface area (Å²) in [5, 5.41) is 2.84. The summed E-state index contributed by atoms with van der Waals surface area (Å²) in [6, 6.07) is 8.79. The molecule has 1 N–H and O–H groups in total. The van der Waals surface area contributed by atoms with Crippen LogP contribution in [0.15, 0.2) is 24.3 Å². The number of amides is 2. The molecule has 1 aromatic carbocycles. The van der Waals surface area contributed by atoms with Crippen LogP contribution in [0.25, 0.3) is 0 Å². The summed E-state index contributed by atoms with van der Waals surface area (Å²) in [7, 11) is 1.36. The second-order valence-electron chi connectivity index (χ2n) is 8.42. The number of alkyl carbamates (subject to hydrolysis) is 1. The number of aryl methyl sites for hydroxylation is 1. The topological polar surface area (TPSA) is 58.6 Å². The molecule has 1 aromatic rings. The van der Waals surface area contributed by atoms with Gasteiger partial charge >= 0.3 is 6.09 Å². The predicted octanol–water partition coefficient (Wildman–Crippen LogP) is 2.62. The van der Waals surface area contributed by atoms with E-state index in [9.17, 15) is 9.59 Å². The van der Waals surface area contributed by atoms with Crippen LogP contribution in [0.5, 0.6) is 0 Å². The van der Waals surface area contributed by atoms with Crippen LogP contribution in [0.4, 0.5) is 4.79 Å². The van der Waals surface area contributed by atoms with Crippen LogP contribution in [0.1, 0.15) is 37.3 Å². The third kappa shape index (κ3) is 2.70. The number of hydrogen-bond acceptors (Lipinski definition) is 3. The normalized spacial score (nSPS) is 35.6. The fourth-order valence-corrected chi connectivity index (χ4v) is 4.84. The van der Waals surface area contributed by atoms with Crippen LogP contribution in [0.3, 0.4) is 0 Å². The lowest BCUT2D eigenvalue weighted by molar-refractivity contribution is -0.140. The Bertz CT molecular complexity index is 708. The van der Waals surface area contributed by atoms with Crippen molar-refractivity contribution in [3.63, 3.8) is 0 Å². The zero-order valence-corrected chi connectivity index (χ0v) is 15.2. The van der Waals surface area contributed by atoms with Crippen molar-refractivity contribution in [3.8, 4) is 0 Å². The zero-order valence-electron chi connectivity index (χ0n) is 15.2. The molecule has 0 spiro atoms. The summed E-state index contributed by atoms with van der Waals surface area (Å²) in [4.78, 5) is 26.3. The van der Waals surface area contributed by atoms with Gasteiger partial charge in [0.05, 0.1) is 7.11 Å². The zero-order chi connectivity index (χ0) is 17.8. The third-order valence-electron chi connectivity index (χ3n) is 6.42. The molecule has 5 heteroatoms. The van der Waals surface area contributed by atoms with Gasteiger partial charge in [-0.05, 0) is 44.6 Å². The number of fused-ring (bicyclic) bond motifs is 1. The molecule has 0 bridgehead atoms. The molecule has 2 amide bonds. The predicted molar refractivity (Wildman–Crippen MR) is 94.2 cm³/mol. The van der Waals surface area contributed by atoms with E-state index in [1.54, 1.807) is 0 Å². The van der Waals surface area contributed by atoms with E-state index in [2.05, 4.69) is 46.1 Å². The van der Waals surface area contributed by atoms with Crippen molar-refractivity contribution >= 4 is 12.0 Å². The highest BCUT2D eigenvalue weighted by Gasteiger charge is 2.62. The number of benzene rings is 1. The molecule has 1 aliphatic heterocycles. The smallest absolute Gasteiger partial charge is 0.407 e. The minimum Gasteiger partial charge on any atom is -0.453 e. The summed E-state index contributed by atoms with van der Waals surface area (Å²) in [5.41, 5.74) is 2.53. The van der Waals surface area contributed by atoms with E-state index in [1.165, 1.54) is 24.7 Å². The Morgan fingerprint density at radius 1 is 1.20 bits per heavy atom. The van der Waals surface area contributed by atoms with E-state index in [0.29, 0.717) is 18.8 Å². The van der Waals surface area contributed by atoms with Crippen LogP contribution < -0.4 is 5.32 Å². The Hall–Kier alpha value is -2.04. The van der Waals surface area contributed by atoms with E-state index in [0.717, 1.165) is 13.1 Å². The average molecular weight is 342 g/mol. The third-order valence-corrected chi connectivity index (χ3v) is 6.42. The van der Waals surface area contributed by atoms with Gasteiger partial charge in [-0.1, -0.05) is 29.8 Å². The first-order chi connectivity index (χ1) is 11.8. The van der Waals surface area contributed by atoms with Gasteiger partial charge in [0.1, 0.15) is 0 Å². The van der Waals surface area contributed by atoms with Crippen LogP contribution in [-0.2, 0) is 14.9 Å². The molecular formula is C20H26N2O3. The lowest BCUT2D eigenvalue weighted by Gasteiger charge is -2.45. The largest absolute Gasteiger partial charge is 0.453 e. The summed E-state index contributed by atoms with van der Waals surface area (Å²) < 4.78 is 4.66. The highest BCUT2D eigenvalue weighted by molar-refractivity contribution is 5.82. The summed E-state index contributed by atoms with van der Waals surface area (Å²) in [6.07, 6.45) is 2.17. The van der Waals surface area contributed by atoms with Crippen molar-refractivity contribution in [2.45, 2.75) is 44.1 Å². The SMILES string of the molecule is COC(=O)N[C@]1(C)C[C@H](C(=O)N2C[C@@H]3C[C@]3(c3ccc(C)cc3)C2)C1. The van der Waals surface area contributed by atoms with Gasteiger partial charge in [-0.15, -0.1) is 0 Å². The van der Waals surface area contributed by atoms with Crippen LogP contribution >= 0.6 is 0 Å². The molecule has 3 fully saturated rings. The minimum atomic E-state index is -0.422. The maximum atomic E-state index is 12.8. The van der Waals surface area contributed by atoms with Crippen molar-refractivity contribution in [2.75, 3.05) is 20.2 Å². The molecule has 3 aliphatic rings. The number of ether oxygens (including phenoxy) is 1. The maximum Gasteiger partial charge on any atom is 0.407 e. The Morgan fingerprint density at radius 3 is 2.52 bits per heavy atom. The lowest BCUT2D eigenvalue weighted by atomic mass is 9.69. The van der Waals surface area contributed by atoms with Crippen molar-refractivity contribution in [2.24, 2.45) is 11.8 Å².